The van der Waals surface area contributed by atoms with Crippen molar-refractivity contribution in [2.45, 2.75) is 25.9 Å². The first kappa shape index (κ1) is 21.2. The molecule has 2 N–H and O–H groups in total. The van der Waals surface area contributed by atoms with Crippen LogP contribution in [0, 0.1) is 6.92 Å². The predicted molar refractivity (Wildman–Crippen MR) is 116 cm³/mol. The Balaban J connectivity index is 1.83. The number of carbonyl (C=O) groups excluding carboxylic acids is 1. The van der Waals surface area contributed by atoms with Crippen LogP contribution in [0.3, 0.4) is 0 Å². The highest BCUT2D eigenvalue weighted by molar-refractivity contribution is 5.75. The number of methoxy groups -OCH3 is 2. The molecule has 0 aliphatic carbocycles. The molecular formula is C23H28N4O3. The summed E-state index contributed by atoms with van der Waals surface area (Å²) in [5.74, 6) is 2.17. The van der Waals surface area contributed by atoms with E-state index in [1.54, 1.807) is 20.4 Å². The Hall–Kier alpha value is -3.48. The Labute approximate surface area is 177 Å². The average molecular weight is 409 g/mol. The maximum Gasteiger partial charge on any atom is 0.316 e. The van der Waals surface area contributed by atoms with E-state index in [2.05, 4.69) is 15.6 Å². The molecule has 0 saturated carbocycles. The van der Waals surface area contributed by atoms with Crippen LogP contribution in [0.2, 0.25) is 0 Å². The summed E-state index contributed by atoms with van der Waals surface area (Å²) in [6, 6.07) is 12.5. The molecule has 7 nitrogen and oxygen atoms in total. The Morgan fingerprint density at radius 1 is 1.10 bits per heavy atom. The standard InChI is InChI=1S/C23H28N4O3/c1-15-9-10-20(30-5)19(13-15)16(2)25-23(28)26-21(22-24-11-12-27(22)3)17-7-6-8-18(14-17)29-4/h6-14,16,21H,1-5H3,(H2,25,26,28)/t16-,21-/m0/s1. The van der Waals surface area contributed by atoms with Gasteiger partial charge in [0.1, 0.15) is 23.4 Å². The topological polar surface area (TPSA) is 77.4 Å². The fraction of sp³-hybridized carbons (Fsp3) is 0.304. The van der Waals surface area contributed by atoms with Crippen LogP contribution < -0.4 is 20.1 Å². The molecular weight excluding hydrogens is 380 g/mol. The van der Waals surface area contributed by atoms with Crippen LogP contribution in [0.5, 0.6) is 11.5 Å². The summed E-state index contributed by atoms with van der Waals surface area (Å²) in [4.78, 5) is 17.4. The Morgan fingerprint density at radius 3 is 2.57 bits per heavy atom. The fourth-order valence-electron chi connectivity index (χ4n) is 3.41. The number of urea groups is 1. The molecule has 3 rings (SSSR count). The van der Waals surface area contributed by atoms with Crippen molar-refractivity contribution in [3.8, 4) is 11.5 Å². The summed E-state index contributed by atoms with van der Waals surface area (Å²) in [7, 11) is 5.14. The summed E-state index contributed by atoms with van der Waals surface area (Å²) in [5, 5.41) is 6.06. The van der Waals surface area contributed by atoms with Crippen molar-refractivity contribution in [3.05, 3.63) is 77.4 Å². The van der Waals surface area contributed by atoms with E-state index in [1.165, 1.54) is 0 Å². The van der Waals surface area contributed by atoms with Crippen LogP contribution in [0.25, 0.3) is 0 Å². The van der Waals surface area contributed by atoms with Crippen LogP contribution >= 0.6 is 0 Å². The van der Waals surface area contributed by atoms with Gasteiger partial charge < -0.3 is 24.7 Å². The number of benzene rings is 2. The summed E-state index contributed by atoms with van der Waals surface area (Å²) in [6.45, 7) is 3.94. The molecule has 3 aromatic rings. The number of hydrogen-bond acceptors (Lipinski definition) is 4. The molecule has 0 bridgehead atoms. The van der Waals surface area contributed by atoms with Gasteiger partial charge in [0.25, 0.3) is 0 Å². The number of nitrogens with zero attached hydrogens (tertiary/aromatic N) is 2. The smallest absolute Gasteiger partial charge is 0.316 e. The van der Waals surface area contributed by atoms with Crippen molar-refractivity contribution in [1.29, 1.82) is 0 Å². The molecule has 0 aliphatic rings. The van der Waals surface area contributed by atoms with E-state index in [9.17, 15) is 4.79 Å². The van der Waals surface area contributed by atoms with Gasteiger partial charge in [-0.15, -0.1) is 0 Å². The Bertz CT molecular complexity index is 1020. The first-order valence-corrected chi connectivity index (χ1v) is 9.75. The summed E-state index contributed by atoms with van der Waals surface area (Å²) in [6.07, 6.45) is 3.56. The number of aryl methyl sites for hydroxylation is 2. The van der Waals surface area contributed by atoms with E-state index >= 15 is 0 Å². The Morgan fingerprint density at radius 2 is 1.90 bits per heavy atom. The molecule has 0 fully saturated rings. The second-order valence-electron chi connectivity index (χ2n) is 7.19. The van der Waals surface area contributed by atoms with Crippen LogP contribution in [0.4, 0.5) is 4.79 Å². The van der Waals surface area contributed by atoms with Crippen molar-refractivity contribution in [1.82, 2.24) is 20.2 Å². The van der Waals surface area contributed by atoms with E-state index in [0.29, 0.717) is 5.75 Å². The van der Waals surface area contributed by atoms with Crippen LogP contribution in [0.1, 0.15) is 41.5 Å². The lowest BCUT2D eigenvalue weighted by atomic mass is 10.0. The summed E-state index contributed by atoms with van der Waals surface area (Å²) >= 11 is 0. The summed E-state index contributed by atoms with van der Waals surface area (Å²) < 4.78 is 12.7. The second kappa shape index (κ2) is 9.35. The van der Waals surface area contributed by atoms with Gasteiger partial charge in [0.05, 0.1) is 20.3 Å². The average Bonchev–Trinajstić information content (AvgIpc) is 3.17. The summed E-state index contributed by atoms with van der Waals surface area (Å²) in [5.41, 5.74) is 2.89. The van der Waals surface area contributed by atoms with Gasteiger partial charge in [-0.3, -0.25) is 0 Å². The molecule has 1 heterocycles. The molecule has 2 atom stereocenters. The minimum Gasteiger partial charge on any atom is -0.497 e. The zero-order valence-corrected chi connectivity index (χ0v) is 18.0. The number of carbonyl (C=O) groups is 1. The molecule has 2 aromatic carbocycles. The van der Waals surface area contributed by atoms with Gasteiger partial charge in [0.15, 0.2) is 0 Å². The van der Waals surface area contributed by atoms with E-state index in [-0.39, 0.29) is 12.1 Å². The lowest BCUT2D eigenvalue weighted by molar-refractivity contribution is 0.235. The SMILES string of the molecule is COc1cccc([C@H](NC(=O)N[C@@H](C)c2cc(C)ccc2OC)c2nccn2C)c1. The van der Waals surface area contributed by atoms with Gasteiger partial charge in [-0.2, -0.15) is 0 Å². The third kappa shape index (κ3) is 4.74. The van der Waals surface area contributed by atoms with Crippen molar-refractivity contribution in [2.24, 2.45) is 7.05 Å². The monoisotopic (exact) mass is 408 g/mol. The third-order valence-electron chi connectivity index (χ3n) is 5.02. The lowest BCUT2D eigenvalue weighted by Crippen LogP contribution is -2.40. The van der Waals surface area contributed by atoms with Crippen molar-refractivity contribution < 1.29 is 14.3 Å². The van der Waals surface area contributed by atoms with E-state index in [1.807, 2.05) is 74.1 Å². The zero-order valence-electron chi connectivity index (χ0n) is 18.0. The van der Waals surface area contributed by atoms with Gasteiger partial charge in [0, 0.05) is 25.0 Å². The van der Waals surface area contributed by atoms with Gasteiger partial charge in [-0.1, -0.05) is 29.8 Å². The molecule has 158 valence electrons. The largest absolute Gasteiger partial charge is 0.497 e. The molecule has 0 spiro atoms. The van der Waals surface area contributed by atoms with Crippen molar-refractivity contribution in [3.63, 3.8) is 0 Å². The number of nitrogens with one attached hydrogen (secondary N) is 2. The molecule has 7 heteroatoms. The highest BCUT2D eigenvalue weighted by Gasteiger charge is 2.23. The number of amides is 2. The molecule has 0 unspecified atom stereocenters. The number of ether oxygens (including phenoxy) is 2. The van der Waals surface area contributed by atoms with Crippen molar-refractivity contribution >= 4 is 6.03 Å². The highest BCUT2D eigenvalue weighted by Crippen LogP contribution is 2.27. The quantitative estimate of drug-likeness (QED) is 0.622. The van der Waals surface area contributed by atoms with Crippen molar-refractivity contribution in [2.75, 3.05) is 14.2 Å². The van der Waals surface area contributed by atoms with Crippen LogP contribution in [-0.2, 0) is 7.05 Å². The van der Waals surface area contributed by atoms with Gasteiger partial charge in [-0.25, -0.2) is 9.78 Å². The first-order chi connectivity index (χ1) is 14.4. The number of hydrogen-bond donors (Lipinski definition) is 2. The predicted octanol–water partition coefficient (Wildman–Crippen LogP) is 3.90. The third-order valence-corrected chi connectivity index (χ3v) is 5.02. The minimum absolute atomic E-state index is 0.243. The van der Waals surface area contributed by atoms with E-state index in [0.717, 1.165) is 28.3 Å². The Kier molecular flexibility index (Phi) is 6.61. The minimum atomic E-state index is -0.438. The lowest BCUT2D eigenvalue weighted by Gasteiger charge is -2.23. The molecule has 2 amide bonds. The van der Waals surface area contributed by atoms with E-state index < -0.39 is 6.04 Å². The molecule has 0 saturated heterocycles. The normalized spacial score (nSPS) is 12.7. The van der Waals surface area contributed by atoms with Gasteiger partial charge >= 0.3 is 6.03 Å². The van der Waals surface area contributed by atoms with E-state index in [4.69, 9.17) is 9.47 Å². The molecule has 0 radical (unpaired) electrons. The maximum absolute atomic E-state index is 12.9. The van der Waals surface area contributed by atoms with Gasteiger partial charge in [0.2, 0.25) is 0 Å². The molecule has 30 heavy (non-hydrogen) atoms. The molecule has 0 aliphatic heterocycles. The fourth-order valence-corrected chi connectivity index (χ4v) is 3.41. The van der Waals surface area contributed by atoms with Gasteiger partial charge in [-0.05, 0) is 37.6 Å². The van der Waals surface area contributed by atoms with Crippen LogP contribution in [0.15, 0.2) is 54.9 Å². The maximum atomic E-state index is 12.9. The zero-order chi connectivity index (χ0) is 21.7. The molecule has 1 aromatic heterocycles. The number of rotatable bonds is 7. The number of imidazole rings is 1. The van der Waals surface area contributed by atoms with Crippen LogP contribution in [-0.4, -0.2) is 29.8 Å². The first-order valence-electron chi connectivity index (χ1n) is 9.75. The second-order valence-corrected chi connectivity index (χ2v) is 7.19. The number of aromatic nitrogens is 2. The highest BCUT2D eigenvalue weighted by atomic mass is 16.5.